The van der Waals surface area contributed by atoms with E-state index in [0.717, 1.165) is 16.5 Å². The lowest BCUT2D eigenvalue weighted by atomic mass is 10.1. The minimum atomic E-state index is -0.612. The second-order valence-corrected chi connectivity index (χ2v) is 7.29. The zero-order chi connectivity index (χ0) is 21.9. The Kier molecular flexibility index (Phi) is 9.34. The zero-order valence-corrected chi connectivity index (χ0v) is 18.6. The Bertz CT molecular complexity index is 884. The Balaban J connectivity index is 1.71. The molecule has 2 aromatic rings. The second kappa shape index (κ2) is 12.0. The first-order valence-electron chi connectivity index (χ1n) is 9.67. The molecule has 0 heterocycles. The Morgan fingerprint density at radius 3 is 2.33 bits per heavy atom. The van der Waals surface area contributed by atoms with Crippen LogP contribution in [0.25, 0.3) is 0 Å². The molecule has 0 unspecified atom stereocenters. The fourth-order valence-corrected chi connectivity index (χ4v) is 3.03. The molecule has 0 aliphatic heterocycles. The molecule has 2 amide bonds. The van der Waals surface area contributed by atoms with Crippen molar-refractivity contribution < 1.29 is 23.9 Å². The van der Waals surface area contributed by atoms with Crippen LogP contribution in [0.2, 0.25) is 0 Å². The van der Waals surface area contributed by atoms with E-state index >= 15 is 0 Å². The Hall–Kier alpha value is -2.87. The summed E-state index contributed by atoms with van der Waals surface area (Å²) in [7, 11) is 0. The normalized spacial score (nSPS) is 10.2. The van der Waals surface area contributed by atoms with Gasteiger partial charge in [0.1, 0.15) is 5.75 Å². The molecule has 0 fully saturated rings. The molecule has 0 spiro atoms. The van der Waals surface area contributed by atoms with Crippen molar-refractivity contribution in [3.8, 4) is 5.75 Å². The van der Waals surface area contributed by atoms with Crippen LogP contribution in [0, 0.1) is 0 Å². The number of hydrogen-bond acceptors (Lipinski definition) is 5. The molecule has 0 aliphatic carbocycles. The molecule has 2 N–H and O–H groups in total. The number of anilines is 2. The number of hydrogen-bond donors (Lipinski definition) is 2. The summed E-state index contributed by atoms with van der Waals surface area (Å²) < 4.78 is 11.2. The van der Waals surface area contributed by atoms with Gasteiger partial charge in [-0.1, -0.05) is 22.9 Å². The number of amides is 2. The third-order valence-electron chi connectivity index (χ3n) is 4.09. The third kappa shape index (κ3) is 7.87. The van der Waals surface area contributed by atoms with E-state index in [-0.39, 0.29) is 18.7 Å². The van der Waals surface area contributed by atoms with Gasteiger partial charge in [-0.3, -0.25) is 14.4 Å². The highest BCUT2D eigenvalue weighted by Gasteiger charge is 2.12. The van der Waals surface area contributed by atoms with E-state index in [0.29, 0.717) is 23.7 Å². The number of ether oxygens (including phenoxy) is 2. The first-order chi connectivity index (χ1) is 14.4. The maximum absolute atomic E-state index is 12.0. The maximum atomic E-state index is 12.0. The number of halogens is 1. The van der Waals surface area contributed by atoms with Crippen LogP contribution in [0.1, 0.15) is 32.3 Å². The molecule has 0 aromatic heterocycles. The lowest BCUT2D eigenvalue weighted by Gasteiger charge is -2.11. The SMILES string of the molecule is CCOc1ccc(NC(=O)CCC(=O)OCC(=O)Nc2ccc(Br)cc2CC)cc1. The van der Waals surface area contributed by atoms with E-state index in [1.165, 1.54) is 0 Å². The van der Waals surface area contributed by atoms with E-state index in [1.54, 1.807) is 30.3 Å². The summed E-state index contributed by atoms with van der Waals surface area (Å²) in [5.74, 6) is -0.646. The zero-order valence-electron chi connectivity index (χ0n) is 17.0. The molecule has 0 atom stereocenters. The standard InChI is InChI=1S/C22H25BrN2O5/c1-3-15-13-16(23)5-10-19(15)25-21(27)14-30-22(28)12-11-20(26)24-17-6-8-18(9-7-17)29-4-2/h5-10,13H,3-4,11-12,14H2,1-2H3,(H,24,26)(H,25,27). The van der Waals surface area contributed by atoms with Gasteiger partial charge in [0, 0.05) is 22.3 Å². The molecule has 30 heavy (non-hydrogen) atoms. The number of benzene rings is 2. The molecule has 0 saturated heterocycles. The Labute approximate surface area is 184 Å². The predicted octanol–water partition coefficient (Wildman–Crippen LogP) is 4.31. The van der Waals surface area contributed by atoms with Gasteiger partial charge in [0.2, 0.25) is 5.91 Å². The summed E-state index contributed by atoms with van der Waals surface area (Å²) in [6.07, 6.45) is 0.591. The highest BCUT2D eigenvalue weighted by molar-refractivity contribution is 9.10. The highest BCUT2D eigenvalue weighted by atomic mass is 79.9. The fourth-order valence-electron chi connectivity index (χ4n) is 2.62. The number of carbonyl (C=O) groups excluding carboxylic acids is 3. The topological polar surface area (TPSA) is 93.7 Å². The summed E-state index contributed by atoms with van der Waals surface area (Å²) in [6, 6.07) is 12.5. The van der Waals surface area contributed by atoms with Crippen molar-refractivity contribution in [3.63, 3.8) is 0 Å². The molecular formula is C22H25BrN2O5. The van der Waals surface area contributed by atoms with Gasteiger partial charge in [-0.2, -0.15) is 0 Å². The molecule has 0 aliphatic rings. The Morgan fingerprint density at radius 2 is 1.67 bits per heavy atom. The molecular weight excluding hydrogens is 452 g/mol. The molecule has 2 aromatic carbocycles. The van der Waals surface area contributed by atoms with Gasteiger partial charge >= 0.3 is 5.97 Å². The fraction of sp³-hybridized carbons (Fsp3) is 0.318. The van der Waals surface area contributed by atoms with Crippen molar-refractivity contribution in [2.75, 3.05) is 23.8 Å². The molecule has 160 valence electrons. The number of nitrogens with one attached hydrogen (secondary N) is 2. The van der Waals surface area contributed by atoms with Gasteiger partial charge in [0.15, 0.2) is 6.61 Å². The van der Waals surface area contributed by atoms with E-state index in [1.807, 2.05) is 26.0 Å². The molecule has 0 radical (unpaired) electrons. The van der Waals surface area contributed by atoms with Crippen LogP contribution in [0.4, 0.5) is 11.4 Å². The van der Waals surface area contributed by atoms with E-state index in [4.69, 9.17) is 9.47 Å². The minimum absolute atomic E-state index is 0.0413. The van der Waals surface area contributed by atoms with E-state index < -0.39 is 18.5 Å². The van der Waals surface area contributed by atoms with Crippen molar-refractivity contribution in [1.29, 1.82) is 0 Å². The number of carbonyl (C=O) groups is 3. The van der Waals surface area contributed by atoms with E-state index in [2.05, 4.69) is 26.6 Å². The van der Waals surface area contributed by atoms with Crippen LogP contribution in [0.3, 0.4) is 0 Å². The summed E-state index contributed by atoms with van der Waals surface area (Å²) in [4.78, 5) is 35.8. The van der Waals surface area contributed by atoms with Crippen molar-refractivity contribution >= 4 is 45.1 Å². The van der Waals surface area contributed by atoms with Crippen molar-refractivity contribution in [2.45, 2.75) is 33.1 Å². The van der Waals surface area contributed by atoms with Gasteiger partial charge in [0.25, 0.3) is 5.91 Å². The smallest absolute Gasteiger partial charge is 0.306 e. The van der Waals surface area contributed by atoms with Crippen LogP contribution >= 0.6 is 15.9 Å². The summed E-state index contributed by atoms with van der Waals surface area (Å²) in [5, 5.41) is 5.42. The second-order valence-electron chi connectivity index (χ2n) is 6.37. The van der Waals surface area contributed by atoms with Crippen LogP contribution in [-0.2, 0) is 25.5 Å². The first-order valence-corrected chi connectivity index (χ1v) is 10.5. The highest BCUT2D eigenvalue weighted by Crippen LogP contribution is 2.21. The monoisotopic (exact) mass is 476 g/mol. The van der Waals surface area contributed by atoms with Crippen LogP contribution in [-0.4, -0.2) is 31.0 Å². The average Bonchev–Trinajstić information content (AvgIpc) is 2.73. The average molecular weight is 477 g/mol. The van der Waals surface area contributed by atoms with Crippen molar-refractivity contribution in [2.24, 2.45) is 0 Å². The maximum Gasteiger partial charge on any atom is 0.306 e. The van der Waals surface area contributed by atoms with Gasteiger partial charge in [-0.15, -0.1) is 0 Å². The van der Waals surface area contributed by atoms with Gasteiger partial charge < -0.3 is 20.1 Å². The summed E-state index contributed by atoms with van der Waals surface area (Å²) in [6.45, 7) is 4.03. The van der Waals surface area contributed by atoms with Crippen LogP contribution in [0.5, 0.6) is 5.75 Å². The van der Waals surface area contributed by atoms with Crippen molar-refractivity contribution in [3.05, 3.63) is 52.5 Å². The number of esters is 1. The number of aryl methyl sites for hydroxylation is 1. The molecule has 7 nitrogen and oxygen atoms in total. The largest absolute Gasteiger partial charge is 0.494 e. The van der Waals surface area contributed by atoms with Gasteiger partial charge in [-0.05, 0) is 61.4 Å². The van der Waals surface area contributed by atoms with Gasteiger partial charge in [-0.25, -0.2) is 0 Å². The number of rotatable bonds is 10. The molecule has 0 bridgehead atoms. The lowest BCUT2D eigenvalue weighted by Crippen LogP contribution is -2.22. The third-order valence-corrected chi connectivity index (χ3v) is 4.59. The predicted molar refractivity (Wildman–Crippen MR) is 119 cm³/mol. The van der Waals surface area contributed by atoms with Crippen LogP contribution in [0.15, 0.2) is 46.9 Å². The summed E-state index contributed by atoms with van der Waals surface area (Å²) in [5.41, 5.74) is 2.25. The first kappa shape index (κ1) is 23.4. The van der Waals surface area contributed by atoms with E-state index in [9.17, 15) is 14.4 Å². The lowest BCUT2D eigenvalue weighted by molar-refractivity contribution is -0.147. The molecule has 0 saturated carbocycles. The molecule has 8 heteroatoms. The van der Waals surface area contributed by atoms with Gasteiger partial charge in [0.05, 0.1) is 13.0 Å². The molecule has 2 rings (SSSR count). The van der Waals surface area contributed by atoms with Crippen LogP contribution < -0.4 is 15.4 Å². The quantitative estimate of drug-likeness (QED) is 0.498. The Morgan fingerprint density at radius 1 is 0.933 bits per heavy atom. The minimum Gasteiger partial charge on any atom is -0.494 e. The summed E-state index contributed by atoms with van der Waals surface area (Å²) >= 11 is 3.39. The van der Waals surface area contributed by atoms with Crippen molar-refractivity contribution in [1.82, 2.24) is 0 Å².